The Bertz CT molecular complexity index is 864. The van der Waals surface area contributed by atoms with E-state index in [4.69, 9.17) is 0 Å². The molecule has 1 unspecified atom stereocenters. The Hall–Kier alpha value is -2.90. The second-order valence-corrected chi connectivity index (χ2v) is 6.15. The monoisotopic (exact) mass is 366 g/mol. The summed E-state index contributed by atoms with van der Waals surface area (Å²) in [6, 6.07) is 8.80. The van der Waals surface area contributed by atoms with Gasteiger partial charge in [0, 0.05) is 0 Å². The maximum Gasteiger partial charge on any atom is 0.416 e. The molecule has 3 rings (SSSR count). The van der Waals surface area contributed by atoms with E-state index in [1.54, 1.807) is 6.07 Å². The average Bonchev–Trinajstić information content (AvgIpc) is 2.79. The number of alkyl halides is 3. The number of halogens is 4. The maximum atomic E-state index is 13.3. The molecular weight excluding hydrogens is 352 g/mol. The Morgan fingerprint density at radius 2 is 1.73 bits per heavy atom. The van der Waals surface area contributed by atoms with Crippen LogP contribution in [0.15, 0.2) is 48.5 Å². The van der Waals surface area contributed by atoms with Crippen LogP contribution in [0.3, 0.4) is 0 Å². The molecule has 0 radical (unpaired) electrons. The fourth-order valence-corrected chi connectivity index (χ4v) is 2.85. The van der Waals surface area contributed by atoms with E-state index in [2.05, 4.69) is 5.32 Å². The number of imide groups is 1. The van der Waals surface area contributed by atoms with Crippen LogP contribution in [0.2, 0.25) is 0 Å². The van der Waals surface area contributed by atoms with Crippen molar-refractivity contribution in [2.24, 2.45) is 0 Å². The molecule has 3 amide bonds. The highest BCUT2D eigenvalue weighted by Gasteiger charge is 2.49. The molecule has 0 saturated carbocycles. The molecule has 1 heterocycles. The van der Waals surface area contributed by atoms with Crippen LogP contribution in [-0.2, 0) is 23.1 Å². The van der Waals surface area contributed by atoms with Crippen LogP contribution < -0.4 is 5.32 Å². The fourth-order valence-electron chi connectivity index (χ4n) is 2.85. The number of urea groups is 1. The molecule has 0 bridgehead atoms. The molecule has 0 spiro atoms. The third-order valence-electron chi connectivity index (χ3n) is 4.29. The first-order chi connectivity index (χ1) is 12.1. The minimum absolute atomic E-state index is 0.140. The molecule has 0 aliphatic carbocycles. The molecule has 1 aliphatic heterocycles. The van der Waals surface area contributed by atoms with Crippen molar-refractivity contribution >= 4 is 11.9 Å². The van der Waals surface area contributed by atoms with Gasteiger partial charge >= 0.3 is 12.2 Å². The summed E-state index contributed by atoms with van der Waals surface area (Å²) in [5.74, 6) is -1.12. The predicted molar refractivity (Wildman–Crippen MR) is 84.3 cm³/mol. The summed E-state index contributed by atoms with van der Waals surface area (Å²) >= 11 is 0. The highest BCUT2D eigenvalue weighted by atomic mass is 19.4. The lowest BCUT2D eigenvalue weighted by Gasteiger charge is -2.22. The van der Waals surface area contributed by atoms with Crippen molar-refractivity contribution in [1.82, 2.24) is 10.2 Å². The van der Waals surface area contributed by atoms with E-state index in [9.17, 15) is 27.2 Å². The van der Waals surface area contributed by atoms with Crippen molar-refractivity contribution in [3.63, 3.8) is 0 Å². The van der Waals surface area contributed by atoms with E-state index in [0.717, 1.165) is 29.2 Å². The second kappa shape index (κ2) is 6.12. The Morgan fingerprint density at radius 3 is 2.31 bits per heavy atom. The number of nitrogens with one attached hydrogen (secondary N) is 1. The summed E-state index contributed by atoms with van der Waals surface area (Å²) in [6.07, 6.45) is -4.49. The number of hydrogen-bond donors (Lipinski definition) is 1. The van der Waals surface area contributed by atoms with Gasteiger partial charge in [0.15, 0.2) is 0 Å². The lowest BCUT2D eigenvalue weighted by molar-refractivity contribution is -0.137. The van der Waals surface area contributed by atoms with Gasteiger partial charge in [-0.1, -0.05) is 24.3 Å². The van der Waals surface area contributed by atoms with Gasteiger partial charge < -0.3 is 5.32 Å². The van der Waals surface area contributed by atoms with Crippen LogP contribution in [0, 0.1) is 5.82 Å². The van der Waals surface area contributed by atoms with Crippen molar-refractivity contribution in [2.75, 3.05) is 0 Å². The van der Waals surface area contributed by atoms with E-state index in [-0.39, 0.29) is 12.1 Å². The fraction of sp³-hybridized carbons (Fsp3) is 0.222. The van der Waals surface area contributed by atoms with Gasteiger partial charge in [-0.05, 0) is 42.3 Å². The van der Waals surface area contributed by atoms with Crippen LogP contribution in [0.4, 0.5) is 22.4 Å². The quantitative estimate of drug-likeness (QED) is 0.663. The van der Waals surface area contributed by atoms with Crippen molar-refractivity contribution in [3.8, 4) is 0 Å². The third kappa shape index (κ3) is 3.14. The highest BCUT2D eigenvalue weighted by molar-refractivity contribution is 6.07. The molecule has 1 aliphatic rings. The summed E-state index contributed by atoms with van der Waals surface area (Å²) in [6.45, 7) is 1.28. The zero-order valence-electron chi connectivity index (χ0n) is 13.6. The molecule has 26 heavy (non-hydrogen) atoms. The normalized spacial score (nSPS) is 20.4. The number of carbonyl (C=O) groups is 2. The lowest BCUT2D eigenvalue weighted by Crippen LogP contribution is -2.40. The van der Waals surface area contributed by atoms with E-state index < -0.39 is 35.0 Å². The largest absolute Gasteiger partial charge is 0.416 e. The van der Waals surface area contributed by atoms with Crippen LogP contribution >= 0.6 is 0 Å². The van der Waals surface area contributed by atoms with Crippen molar-refractivity contribution in [1.29, 1.82) is 0 Å². The zero-order valence-corrected chi connectivity index (χ0v) is 13.6. The molecule has 2 aromatic carbocycles. The minimum atomic E-state index is -4.49. The Labute approximate surface area is 146 Å². The van der Waals surface area contributed by atoms with Crippen molar-refractivity contribution < 1.29 is 27.2 Å². The molecule has 1 fully saturated rings. The Morgan fingerprint density at radius 1 is 1.08 bits per heavy atom. The number of nitrogens with zero attached hydrogens (tertiary/aromatic N) is 1. The summed E-state index contributed by atoms with van der Waals surface area (Å²) in [4.78, 5) is 25.9. The Balaban J connectivity index is 1.87. The predicted octanol–water partition coefficient (Wildman–Crippen LogP) is 3.81. The van der Waals surface area contributed by atoms with Gasteiger partial charge in [-0.2, -0.15) is 13.2 Å². The SMILES string of the molecule is CC1(c2ccc(C(F)(F)F)cc2)NC(=O)N(Cc2cccc(F)c2)C1=O. The molecule has 1 saturated heterocycles. The molecule has 1 N–H and O–H groups in total. The smallest absolute Gasteiger partial charge is 0.319 e. The van der Waals surface area contributed by atoms with E-state index >= 15 is 0 Å². The maximum absolute atomic E-state index is 13.3. The van der Waals surface area contributed by atoms with Gasteiger partial charge in [-0.15, -0.1) is 0 Å². The summed E-state index contributed by atoms with van der Waals surface area (Å²) in [5.41, 5.74) is -1.69. The first-order valence-corrected chi connectivity index (χ1v) is 7.67. The molecule has 4 nitrogen and oxygen atoms in total. The summed E-state index contributed by atoms with van der Waals surface area (Å²) in [7, 11) is 0. The van der Waals surface area contributed by atoms with E-state index in [1.165, 1.54) is 25.1 Å². The van der Waals surface area contributed by atoms with Gasteiger partial charge in [-0.3, -0.25) is 9.69 Å². The second-order valence-electron chi connectivity index (χ2n) is 6.15. The van der Waals surface area contributed by atoms with Crippen molar-refractivity contribution in [2.45, 2.75) is 25.2 Å². The third-order valence-corrected chi connectivity index (χ3v) is 4.29. The topological polar surface area (TPSA) is 49.4 Å². The van der Waals surface area contributed by atoms with Gasteiger partial charge in [0.2, 0.25) is 0 Å². The van der Waals surface area contributed by atoms with Crippen LogP contribution in [-0.4, -0.2) is 16.8 Å². The first-order valence-electron chi connectivity index (χ1n) is 7.67. The lowest BCUT2D eigenvalue weighted by atomic mass is 9.91. The summed E-state index contributed by atoms with van der Waals surface area (Å²) < 4.78 is 51.4. The van der Waals surface area contributed by atoms with Crippen molar-refractivity contribution in [3.05, 3.63) is 71.0 Å². The van der Waals surface area contributed by atoms with E-state index in [1.807, 2.05) is 0 Å². The highest BCUT2D eigenvalue weighted by Crippen LogP contribution is 2.33. The van der Waals surface area contributed by atoms with Crippen LogP contribution in [0.5, 0.6) is 0 Å². The van der Waals surface area contributed by atoms with Crippen LogP contribution in [0.25, 0.3) is 0 Å². The van der Waals surface area contributed by atoms with Gasteiger partial charge in [0.1, 0.15) is 11.4 Å². The zero-order chi connectivity index (χ0) is 19.1. The number of amides is 3. The first kappa shape index (κ1) is 17.9. The molecule has 0 aromatic heterocycles. The molecule has 2 aromatic rings. The minimum Gasteiger partial charge on any atom is -0.319 e. The average molecular weight is 366 g/mol. The molecule has 136 valence electrons. The van der Waals surface area contributed by atoms with Gasteiger partial charge in [0.05, 0.1) is 12.1 Å². The molecular formula is C18H14F4N2O2. The van der Waals surface area contributed by atoms with E-state index in [0.29, 0.717) is 5.56 Å². The molecule has 1 atom stereocenters. The molecule has 8 heteroatoms. The summed E-state index contributed by atoms with van der Waals surface area (Å²) in [5, 5.41) is 2.50. The number of benzene rings is 2. The van der Waals surface area contributed by atoms with Gasteiger partial charge in [0.25, 0.3) is 5.91 Å². The standard InChI is InChI=1S/C18H14F4N2O2/c1-17(12-5-7-13(8-6-12)18(20,21)22)15(25)24(16(26)23-17)10-11-3-2-4-14(19)9-11/h2-9H,10H2,1H3,(H,23,26). The van der Waals surface area contributed by atoms with Crippen LogP contribution in [0.1, 0.15) is 23.6 Å². The Kier molecular flexibility index (Phi) is 4.21. The number of rotatable bonds is 3. The number of hydrogen-bond acceptors (Lipinski definition) is 2. The van der Waals surface area contributed by atoms with Gasteiger partial charge in [-0.25, -0.2) is 9.18 Å². The number of carbonyl (C=O) groups excluding carboxylic acids is 2.